The number of halogens is 3. The first-order valence-corrected chi connectivity index (χ1v) is 5.42. The minimum Gasteiger partial charge on any atom is -0.271 e. The minimum atomic E-state index is -1.54. The lowest BCUT2D eigenvalue weighted by atomic mass is 10.0. The van der Waals surface area contributed by atoms with Crippen molar-refractivity contribution in [3.05, 3.63) is 58.9 Å². The highest BCUT2D eigenvalue weighted by Crippen LogP contribution is 2.24. The first-order chi connectivity index (χ1) is 9.04. The van der Waals surface area contributed by atoms with Gasteiger partial charge >= 0.3 is 0 Å². The average Bonchev–Trinajstić information content (AvgIpc) is 2.41. The van der Waals surface area contributed by atoms with Gasteiger partial charge in [-0.3, -0.25) is 15.8 Å². The zero-order valence-electron chi connectivity index (χ0n) is 9.99. The molecule has 0 saturated carbocycles. The molecular formula is C12H11F3N4. The predicted molar refractivity (Wildman–Crippen MR) is 62.3 cm³/mol. The number of hydrazine groups is 1. The zero-order valence-corrected chi connectivity index (χ0v) is 9.99. The van der Waals surface area contributed by atoms with E-state index in [0.29, 0.717) is 11.4 Å². The summed E-state index contributed by atoms with van der Waals surface area (Å²) in [4.78, 5) is 8.03. The molecule has 100 valence electrons. The van der Waals surface area contributed by atoms with E-state index in [1.54, 1.807) is 6.92 Å². The molecule has 0 spiro atoms. The maximum atomic E-state index is 13.7. The van der Waals surface area contributed by atoms with Crippen molar-refractivity contribution in [1.82, 2.24) is 15.4 Å². The Morgan fingerprint density at radius 2 is 1.84 bits per heavy atom. The highest BCUT2D eigenvalue weighted by molar-refractivity contribution is 5.29. The van der Waals surface area contributed by atoms with Gasteiger partial charge in [0.2, 0.25) is 0 Å². The van der Waals surface area contributed by atoms with E-state index >= 15 is 0 Å². The summed E-state index contributed by atoms with van der Waals surface area (Å²) in [6.45, 7) is 1.74. The van der Waals surface area contributed by atoms with E-state index in [1.807, 2.05) is 0 Å². The predicted octanol–water partition coefficient (Wildman–Crippen LogP) is 1.76. The summed E-state index contributed by atoms with van der Waals surface area (Å²) < 4.78 is 39.8. The molecule has 0 fully saturated rings. The van der Waals surface area contributed by atoms with Gasteiger partial charge in [-0.05, 0) is 13.0 Å². The number of nitrogens with zero attached hydrogens (tertiary/aromatic N) is 2. The van der Waals surface area contributed by atoms with E-state index < -0.39 is 23.5 Å². The minimum absolute atomic E-state index is 0.139. The molecule has 4 nitrogen and oxygen atoms in total. The summed E-state index contributed by atoms with van der Waals surface area (Å²) in [5.74, 6) is 1.23. The average molecular weight is 268 g/mol. The Labute approximate surface area is 107 Å². The quantitative estimate of drug-likeness (QED) is 0.506. The molecule has 7 heteroatoms. The monoisotopic (exact) mass is 268 g/mol. The fourth-order valence-corrected chi connectivity index (χ4v) is 1.65. The second-order valence-corrected chi connectivity index (χ2v) is 3.95. The van der Waals surface area contributed by atoms with E-state index in [1.165, 1.54) is 12.4 Å². The van der Waals surface area contributed by atoms with Crippen LogP contribution in [0.1, 0.15) is 23.0 Å². The second-order valence-electron chi connectivity index (χ2n) is 3.95. The number of hydrogen-bond donors (Lipinski definition) is 2. The third-order valence-corrected chi connectivity index (χ3v) is 2.64. The van der Waals surface area contributed by atoms with E-state index in [0.717, 1.165) is 12.1 Å². The van der Waals surface area contributed by atoms with Gasteiger partial charge in [0.1, 0.15) is 0 Å². The van der Waals surface area contributed by atoms with Crippen LogP contribution in [0, 0.1) is 24.4 Å². The number of rotatable bonds is 3. The molecule has 0 aliphatic rings. The van der Waals surface area contributed by atoms with Gasteiger partial charge in [-0.1, -0.05) is 6.07 Å². The number of nitrogens with one attached hydrogen (secondary N) is 1. The molecule has 0 amide bonds. The van der Waals surface area contributed by atoms with Crippen LogP contribution < -0.4 is 11.3 Å². The van der Waals surface area contributed by atoms with E-state index in [2.05, 4.69) is 15.4 Å². The molecule has 0 saturated heterocycles. The molecule has 3 N–H and O–H groups in total. The van der Waals surface area contributed by atoms with Gasteiger partial charge in [0.25, 0.3) is 0 Å². The van der Waals surface area contributed by atoms with Gasteiger partial charge in [0.15, 0.2) is 17.5 Å². The molecule has 2 aromatic rings. The fraction of sp³-hybridized carbons (Fsp3) is 0.167. The lowest BCUT2D eigenvalue weighted by molar-refractivity contribution is 0.432. The van der Waals surface area contributed by atoms with Crippen LogP contribution in [0.5, 0.6) is 0 Å². The van der Waals surface area contributed by atoms with Crippen LogP contribution in [0.2, 0.25) is 0 Å². The van der Waals surface area contributed by atoms with Crippen molar-refractivity contribution in [2.45, 2.75) is 13.0 Å². The third kappa shape index (κ3) is 2.56. The number of aryl methyl sites for hydroxylation is 1. The standard InChI is InChI=1S/C12H11F3N4/c1-6-4-18-9(5-17-6)12(19-16)7-2-3-8(13)11(15)10(7)14/h2-5,12,19H,16H2,1H3. The first kappa shape index (κ1) is 13.4. The van der Waals surface area contributed by atoms with Gasteiger partial charge in [0, 0.05) is 11.8 Å². The molecule has 19 heavy (non-hydrogen) atoms. The fourth-order valence-electron chi connectivity index (χ4n) is 1.65. The van der Waals surface area contributed by atoms with E-state index in [9.17, 15) is 13.2 Å². The molecule has 0 radical (unpaired) electrons. The van der Waals surface area contributed by atoms with Crippen molar-refractivity contribution >= 4 is 0 Å². The zero-order chi connectivity index (χ0) is 14.0. The van der Waals surface area contributed by atoms with Gasteiger partial charge in [-0.25, -0.2) is 18.6 Å². The largest absolute Gasteiger partial charge is 0.271 e. The van der Waals surface area contributed by atoms with Crippen LogP contribution in [-0.4, -0.2) is 9.97 Å². The maximum Gasteiger partial charge on any atom is 0.194 e. The Hall–Kier alpha value is -1.99. The van der Waals surface area contributed by atoms with Gasteiger partial charge in [-0.2, -0.15) is 0 Å². The normalized spacial score (nSPS) is 12.5. The molecule has 0 bridgehead atoms. The number of aromatic nitrogens is 2. The maximum absolute atomic E-state index is 13.7. The summed E-state index contributed by atoms with van der Waals surface area (Å²) in [6, 6.07) is 1.03. The summed E-state index contributed by atoms with van der Waals surface area (Å²) in [6.07, 6.45) is 2.86. The Balaban J connectivity index is 2.48. The topological polar surface area (TPSA) is 63.8 Å². The number of benzene rings is 1. The molecule has 1 aromatic heterocycles. The Morgan fingerprint density at radius 3 is 2.42 bits per heavy atom. The first-order valence-electron chi connectivity index (χ1n) is 5.42. The highest BCUT2D eigenvalue weighted by Gasteiger charge is 2.22. The van der Waals surface area contributed by atoms with Gasteiger partial charge in [0.05, 0.1) is 23.6 Å². The third-order valence-electron chi connectivity index (χ3n) is 2.64. The number of nitrogens with two attached hydrogens (primary N) is 1. The lowest BCUT2D eigenvalue weighted by Gasteiger charge is -2.16. The van der Waals surface area contributed by atoms with Crippen LogP contribution >= 0.6 is 0 Å². The SMILES string of the molecule is Cc1cnc(C(NN)c2ccc(F)c(F)c2F)cn1. The van der Waals surface area contributed by atoms with Crippen LogP contribution in [0.25, 0.3) is 0 Å². The van der Waals surface area contributed by atoms with Gasteiger partial charge in [-0.15, -0.1) is 0 Å². The molecule has 2 rings (SSSR count). The van der Waals surface area contributed by atoms with Crippen LogP contribution in [0.15, 0.2) is 24.5 Å². The molecule has 0 aliphatic heterocycles. The van der Waals surface area contributed by atoms with E-state index in [-0.39, 0.29) is 5.56 Å². The lowest BCUT2D eigenvalue weighted by Crippen LogP contribution is -2.30. The molecule has 0 aliphatic carbocycles. The van der Waals surface area contributed by atoms with Crippen molar-refractivity contribution in [2.75, 3.05) is 0 Å². The molecule has 1 aromatic carbocycles. The molecule has 1 unspecified atom stereocenters. The highest BCUT2D eigenvalue weighted by atomic mass is 19.2. The van der Waals surface area contributed by atoms with Crippen molar-refractivity contribution in [3.8, 4) is 0 Å². The van der Waals surface area contributed by atoms with Gasteiger partial charge < -0.3 is 0 Å². The van der Waals surface area contributed by atoms with Crippen molar-refractivity contribution in [2.24, 2.45) is 5.84 Å². The van der Waals surface area contributed by atoms with Crippen LogP contribution in [0.4, 0.5) is 13.2 Å². The second kappa shape index (κ2) is 5.33. The summed E-state index contributed by atoms with van der Waals surface area (Å²) >= 11 is 0. The molecular weight excluding hydrogens is 257 g/mol. The number of hydrogen-bond acceptors (Lipinski definition) is 4. The van der Waals surface area contributed by atoms with Crippen molar-refractivity contribution < 1.29 is 13.2 Å². The summed E-state index contributed by atoms with van der Waals surface area (Å²) in [7, 11) is 0. The Kier molecular flexibility index (Phi) is 3.77. The smallest absolute Gasteiger partial charge is 0.194 e. The summed E-state index contributed by atoms with van der Waals surface area (Å²) in [5.41, 5.74) is 3.15. The van der Waals surface area contributed by atoms with E-state index in [4.69, 9.17) is 5.84 Å². The van der Waals surface area contributed by atoms with Crippen molar-refractivity contribution in [1.29, 1.82) is 0 Å². The Morgan fingerprint density at radius 1 is 1.11 bits per heavy atom. The molecule has 1 heterocycles. The summed E-state index contributed by atoms with van der Waals surface area (Å²) in [5, 5.41) is 0. The van der Waals surface area contributed by atoms with Crippen molar-refractivity contribution in [3.63, 3.8) is 0 Å². The van der Waals surface area contributed by atoms with Crippen LogP contribution in [-0.2, 0) is 0 Å². The Bertz CT molecular complexity index is 586. The molecule has 1 atom stereocenters. The van der Waals surface area contributed by atoms with Crippen LogP contribution in [0.3, 0.4) is 0 Å².